The lowest BCUT2D eigenvalue weighted by molar-refractivity contribution is 0.151. The molecule has 0 unspecified atom stereocenters. The number of alkyl halides is 2. The summed E-state index contributed by atoms with van der Waals surface area (Å²) in [7, 11) is -2.93. The highest BCUT2D eigenvalue weighted by Gasteiger charge is 2.38. The fourth-order valence-electron chi connectivity index (χ4n) is 4.80. The molecular weight excluding hydrogens is 540 g/mol. The van der Waals surface area contributed by atoms with Crippen molar-refractivity contribution in [2.45, 2.75) is 31.4 Å². The van der Waals surface area contributed by atoms with E-state index in [0.717, 1.165) is 12.8 Å². The lowest BCUT2D eigenvalue weighted by Gasteiger charge is -2.43. The zero-order valence-electron chi connectivity index (χ0n) is 20.1. The van der Waals surface area contributed by atoms with Gasteiger partial charge in [0.1, 0.15) is 6.07 Å². The van der Waals surface area contributed by atoms with Crippen LogP contribution in [0.2, 0.25) is 5.02 Å². The van der Waals surface area contributed by atoms with E-state index < -0.39 is 16.3 Å². The molecule has 11 nitrogen and oxygen atoms in total. The van der Waals surface area contributed by atoms with Crippen molar-refractivity contribution in [1.29, 1.82) is 5.26 Å². The normalized spacial score (nSPS) is 19.9. The van der Waals surface area contributed by atoms with Gasteiger partial charge >= 0.3 is 0 Å². The number of nitriles is 1. The molecule has 3 aliphatic rings. The molecule has 2 saturated heterocycles. The standard InChI is InChI=1S/C23H24ClF2N9O2S/c24-19-17(30-23-31-21(29-14-1-2-14)22-28-10-15(9-27)35(22)32-23)7-13(20(25)26)8-18(19)34-5-3-33(4-6-34)16-11-38(36,37)12-16/h7-8,10,14,16,20H,1-6,11-12H2,(H2,29,30,31,32). The SMILES string of the molecule is N#Cc1cnc2c(NC3CC3)nc(Nc3cc(C(F)F)cc(N4CCN(C5CS(=O)(=O)C5)CC4)c3Cl)nn12. The highest BCUT2D eigenvalue weighted by atomic mass is 35.5. The van der Waals surface area contributed by atoms with Crippen LogP contribution in [0.1, 0.15) is 30.5 Å². The molecular formula is C23H24ClF2N9O2S. The quantitative estimate of drug-likeness (QED) is 0.442. The Balaban J connectivity index is 1.29. The Morgan fingerprint density at radius 1 is 1.16 bits per heavy atom. The Bertz CT molecular complexity index is 1530. The molecule has 200 valence electrons. The third-order valence-corrected chi connectivity index (χ3v) is 9.22. The summed E-state index contributed by atoms with van der Waals surface area (Å²) in [5.41, 5.74) is 1.05. The third kappa shape index (κ3) is 4.81. The highest BCUT2D eigenvalue weighted by Crippen LogP contribution is 2.39. The fraction of sp³-hybridized carbons (Fsp3) is 0.478. The Morgan fingerprint density at radius 3 is 2.53 bits per heavy atom. The van der Waals surface area contributed by atoms with Gasteiger partial charge in [0.05, 0.1) is 34.1 Å². The van der Waals surface area contributed by atoms with Crippen LogP contribution >= 0.6 is 11.6 Å². The summed E-state index contributed by atoms with van der Waals surface area (Å²) in [5, 5.41) is 20.3. The summed E-state index contributed by atoms with van der Waals surface area (Å²) in [6.07, 6.45) is 0.635. The minimum absolute atomic E-state index is 0.00855. The van der Waals surface area contributed by atoms with E-state index in [4.69, 9.17) is 11.6 Å². The minimum atomic E-state index is -2.93. The molecule has 3 fully saturated rings. The Kier molecular flexibility index (Phi) is 6.24. The van der Waals surface area contributed by atoms with Gasteiger partial charge < -0.3 is 15.5 Å². The van der Waals surface area contributed by atoms with Crippen molar-refractivity contribution in [1.82, 2.24) is 24.5 Å². The van der Waals surface area contributed by atoms with Crippen molar-refractivity contribution in [2.75, 3.05) is 53.2 Å². The lowest BCUT2D eigenvalue weighted by Crippen LogP contribution is -2.59. The highest BCUT2D eigenvalue weighted by molar-refractivity contribution is 7.92. The number of hydrogen-bond donors (Lipinski definition) is 2. The second kappa shape index (κ2) is 9.48. The number of halogens is 3. The monoisotopic (exact) mass is 563 g/mol. The molecule has 0 atom stereocenters. The van der Waals surface area contributed by atoms with Gasteiger partial charge in [-0.15, -0.1) is 5.10 Å². The number of nitrogens with one attached hydrogen (secondary N) is 2. The molecule has 1 aromatic carbocycles. The van der Waals surface area contributed by atoms with Crippen LogP contribution in [0.3, 0.4) is 0 Å². The molecule has 38 heavy (non-hydrogen) atoms. The van der Waals surface area contributed by atoms with Crippen molar-refractivity contribution < 1.29 is 17.2 Å². The maximum atomic E-state index is 13.9. The van der Waals surface area contributed by atoms with E-state index in [-0.39, 0.29) is 51.5 Å². The second-order valence-corrected chi connectivity index (χ2v) is 12.3. The van der Waals surface area contributed by atoms with Crippen LogP contribution in [0.5, 0.6) is 0 Å². The number of rotatable bonds is 7. The van der Waals surface area contributed by atoms with E-state index in [2.05, 4.69) is 30.6 Å². The number of nitrogens with zero attached hydrogens (tertiary/aromatic N) is 7. The molecule has 6 rings (SSSR count). The van der Waals surface area contributed by atoms with Crippen LogP contribution in [-0.2, 0) is 9.84 Å². The van der Waals surface area contributed by atoms with Gasteiger partial charge in [0.2, 0.25) is 5.95 Å². The maximum Gasteiger partial charge on any atom is 0.264 e. The predicted molar refractivity (Wildman–Crippen MR) is 138 cm³/mol. The topological polar surface area (TPSA) is 132 Å². The molecule has 0 radical (unpaired) electrons. The van der Waals surface area contributed by atoms with Crippen molar-refractivity contribution in [2.24, 2.45) is 0 Å². The van der Waals surface area contributed by atoms with Crippen LogP contribution in [0.4, 0.5) is 31.9 Å². The van der Waals surface area contributed by atoms with Crippen molar-refractivity contribution in [3.63, 3.8) is 0 Å². The first-order valence-electron chi connectivity index (χ1n) is 12.2. The molecule has 4 heterocycles. The largest absolute Gasteiger partial charge is 0.368 e. The third-order valence-electron chi connectivity index (χ3n) is 7.03. The number of piperazine rings is 1. The number of benzene rings is 1. The van der Waals surface area contributed by atoms with E-state index in [1.807, 2.05) is 11.0 Å². The van der Waals surface area contributed by atoms with E-state index in [0.29, 0.717) is 43.3 Å². The average Bonchev–Trinajstić information content (AvgIpc) is 3.59. The van der Waals surface area contributed by atoms with Crippen molar-refractivity contribution in [3.8, 4) is 6.07 Å². The molecule has 0 spiro atoms. The van der Waals surface area contributed by atoms with Crippen LogP contribution in [0.15, 0.2) is 18.3 Å². The molecule has 2 aliphatic heterocycles. The second-order valence-electron chi connectivity index (χ2n) is 9.77. The first-order valence-corrected chi connectivity index (χ1v) is 14.4. The van der Waals surface area contributed by atoms with Gasteiger partial charge in [-0.3, -0.25) is 4.90 Å². The summed E-state index contributed by atoms with van der Waals surface area (Å²) < 4.78 is 52.3. The maximum absolute atomic E-state index is 13.9. The van der Waals surface area contributed by atoms with Crippen LogP contribution in [-0.4, -0.2) is 82.7 Å². The predicted octanol–water partition coefficient (Wildman–Crippen LogP) is 2.82. The summed E-state index contributed by atoms with van der Waals surface area (Å²) in [4.78, 5) is 12.8. The minimum Gasteiger partial charge on any atom is -0.368 e. The Morgan fingerprint density at radius 2 is 1.89 bits per heavy atom. The zero-order chi connectivity index (χ0) is 26.6. The molecule has 0 amide bonds. The Hall–Kier alpha value is -3.28. The van der Waals surface area contributed by atoms with Gasteiger partial charge in [-0.25, -0.2) is 22.2 Å². The van der Waals surface area contributed by atoms with Crippen LogP contribution in [0.25, 0.3) is 5.65 Å². The molecule has 15 heteroatoms. The number of anilines is 4. The molecule has 0 bridgehead atoms. The van der Waals surface area contributed by atoms with E-state index in [1.54, 1.807) is 0 Å². The fourth-order valence-corrected chi connectivity index (χ4v) is 6.58. The Labute approximate surface area is 222 Å². The van der Waals surface area contributed by atoms with Gasteiger partial charge in [0.15, 0.2) is 27.0 Å². The molecule has 1 saturated carbocycles. The van der Waals surface area contributed by atoms with Gasteiger partial charge in [-0.1, -0.05) is 11.6 Å². The number of hydrogen-bond acceptors (Lipinski definition) is 10. The summed E-state index contributed by atoms with van der Waals surface area (Å²) in [6, 6.07) is 4.95. The number of fused-ring (bicyclic) bond motifs is 1. The van der Waals surface area contributed by atoms with Crippen LogP contribution in [0, 0.1) is 11.3 Å². The molecule has 3 aromatic rings. The summed E-state index contributed by atoms with van der Waals surface area (Å²) in [5.74, 6) is 0.830. The summed E-state index contributed by atoms with van der Waals surface area (Å²) in [6.45, 7) is 2.24. The molecule has 2 aromatic heterocycles. The number of aromatic nitrogens is 4. The number of sulfone groups is 1. The van der Waals surface area contributed by atoms with E-state index in [1.165, 1.54) is 22.8 Å². The average molecular weight is 564 g/mol. The van der Waals surface area contributed by atoms with Gasteiger partial charge in [-0.05, 0) is 25.0 Å². The van der Waals surface area contributed by atoms with Gasteiger partial charge in [0, 0.05) is 43.8 Å². The lowest BCUT2D eigenvalue weighted by atomic mass is 10.1. The summed E-state index contributed by atoms with van der Waals surface area (Å²) >= 11 is 6.75. The van der Waals surface area contributed by atoms with Crippen LogP contribution < -0.4 is 15.5 Å². The number of imidazole rings is 1. The molecule has 2 N–H and O–H groups in total. The van der Waals surface area contributed by atoms with E-state index >= 15 is 0 Å². The first-order chi connectivity index (χ1) is 18.2. The van der Waals surface area contributed by atoms with Gasteiger partial charge in [0.25, 0.3) is 6.43 Å². The molecule has 1 aliphatic carbocycles. The smallest absolute Gasteiger partial charge is 0.264 e. The van der Waals surface area contributed by atoms with Crippen molar-refractivity contribution in [3.05, 3.63) is 34.6 Å². The van der Waals surface area contributed by atoms with Crippen molar-refractivity contribution >= 4 is 50.2 Å². The first kappa shape index (κ1) is 25.0. The van der Waals surface area contributed by atoms with Gasteiger partial charge in [-0.2, -0.15) is 14.8 Å². The van der Waals surface area contributed by atoms with E-state index in [9.17, 15) is 22.5 Å². The zero-order valence-corrected chi connectivity index (χ0v) is 21.7.